The highest BCUT2D eigenvalue weighted by Crippen LogP contribution is 2.25. The normalized spacial score (nSPS) is 11.4. The number of nitrogens with one attached hydrogen (secondary N) is 1. The lowest BCUT2D eigenvalue weighted by molar-refractivity contribution is -0.116. The number of anilines is 1. The van der Waals surface area contributed by atoms with Gasteiger partial charge >= 0.3 is 0 Å². The number of carbonyl (C=O) groups is 1. The maximum Gasteiger partial charge on any atom is 0.242 e. The molecular formula is C18H22N2O4S. The van der Waals surface area contributed by atoms with Gasteiger partial charge in [0, 0.05) is 26.2 Å². The molecule has 0 aliphatic rings. The predicted molar refractivity (Wildman–Crippen MR) is 97.3 cm³/mol. The van der Waals surface area contributed by atoms with Gasteiger partial charge in [-0.15, -0.1) is 0 Å². The van der Waals surface area contributed by atoms with E-state index in [1.165, 1.54) is 27.3 Å². The summed E-state index contributed by atoms with van der Waals surface area (Å²) in [6.45, 7) is 0. The quantitative estimate of drug-likeness (QED) is 0.821. The van der Waals surface area contributed by atoms with Gasteiger partial charge in [-0.2, -0.15) is 0 Å². The van der Waals surface area contributed by atoms with Crippen LogP contribution in [0.2, 0.25) is 0 Å². The molecule has 134 valence electrons. The van der Waals surface area contributed by atoms with Gasteiger partial charge in [0.05, 0.1) is 12.0 Å². The molecule has 0 bridgehead atoms. The number of amides is 1. The predicted octanol–water partition coefficient (Wildman–Crippen LogP) is 2.52. The van der Waals surface area contributed by atoms with Crippen LogP contribution >= 0.6 is 0 Å². The minimum atomic E-state index is -3.53. The summed E-state index contributed by atoms with van der Waals surface area (Å²) in [6.07, 6.45) is 0.593. The van der Waals surface area contributed by atoms with Crippen LogP contribution in [-0.2, 0) is 21.2 Å². The second kappa shape index (κ2) is 8.13. The van der Waals surface area contributed by atoms with Crippen LogP contribution in [0.5, 0.6) is 5.75 Å². The summed E-state index contributed by atoms with van der Waals surface area (Å²) in [7, 11) is 0.940. The van der Waals surface area contributed by atoms with E-state index in [-0.39, 0.29) is 17.2 Å². The monoisotopic (exact) mass is 362 g/mol. The third-order valence-corrected chi connectivity index (χ3v) is 5.52. The van der Waals surface area contributed by atoms with Gasteiger partial charge in [-0.1, -0.05) is 18.2 Å². The third kappa shape index (κ3) is 4.80. The van der Waals surface area contributed by atoms with Crippen molar-refractivity contribution in [2.45, 2.75) is 17.7 Å². The van der Waals surface area contributed by atoms with Gasteiger partial charge in [0.2, 0.25) is 15.9 Å². The smallest absolute Gasteiger partial charge is 0.242 e. The fourth-order valence-electron chi connectivity index (χ4n) is 2.31. The highest BCUT2D eigenvalue weighted by Gasteiger charge is 2.19. The standard InChI is InChI=1S/C18H22N2O4S/c1-20(2)25(22,23)16-10-11-17(24-3)14(13-16)9-12-18(21)19-15-7-5-4-6-8-15/h4-8,10-11,13H,9,12H2,1-3H3,(H,19,21). The fourth-order valence-corrected chi connectivity index (χ4v) is 3.27. The van der Waals surface area contributed by atoms with Crippen LogP contribution in [-0.4, -0.2) is 39.8 Å². The molecule has 2 aromatic rings. The Hall–Kier alpha value is -2.38. The number of methoxy groups -OCH3 is 1. The van der Waals surface area contributed by atoms with Gasteiger partial charge in [0.25, 0.3) is 0 Å². The van der Waals surface area contributed by atoms with Gasteiger partial charge in [0.15, 0.2) is 0 Å². The van der Waals surface area contributed by atoms with E-state index in [0.717, 1.165) is 9.99 Å². The summed E-state index contributed by atoms with van der Waals surface area (Å²) < 4.78 is 31.0. The van der Waals surface area contributed by atoms with Crippen molar-refractivity contribution in [1.82, 2.24) is 4.31 Å². The minimum Gasteiger partial charge on any atom is -0.496 e. The Balaban J connectivity index is 2.14. The molecule has 0 aliphatic heterocycles. The van der Waals surface area contributed by atoms with E-state index in [9.17, 15) is 13.2 Å². The van der Waals surface area contributed by atoms with E-state index >= 15 is 0 Å². The van der Waals surface area contributed by atoms with Crippen LogP contribution in [0.1, 0.15) is 12.0 Å². The molecule has 0 fully saturated rings. The van der Waals surface area contributed by atoms with E-state index in [1.807, 2.05) is 30.3 Å². The first kappa shape index (κ1) is 19.0. The Morgan fingerprint density at radius 1 is 1.12 bits per heavy atom. The molecule has 2 rings (SSSR count). The molecule has 0 aromatic heterocycles. The Labute approximate surface area is 148 Å². The summed E-state index contributed by atoms with van der Waals surface area (Å²) in [6, 6.07) is 13.8. The summed E-state index contributed by atoms with van der Waals surface area (Å²) in [4.78, 5) is 12.3. The second-order valence-electron chi connectivity index (χ2n) is 5.68. The average molecular weight is 362 g/mol. The van der Waals surface area contributed by atoms with Crippen LogP contribution in [0.15, 0.2) is 53.4 Å². The molecule has 0 saturated carbocycles. The first-order valence-corrected chi connectivity index (χ1v) is 9.23. The van der Waals surface area contributed by atoms with Gasteiger partial charge in [-0.25, -0.2) is 12.7 Å². The van der Waals surface area contributed by atoms with Crippen molar-refractivity contribution >= 4 is 21.6 Å². The highest BCUT2D eigenvalue weighted by atomic mass is 32.2. The van der Waals surface area contributed by atoms with Crippen LogP contribution < -0.4 is 10.1 Å². The highest BCUT2D eigenvalue weighted by molar-refractivity contribution is 7.89. The maximum absolute atomic E-state index is 12.3. The van der Waals surface area contributed by atoms with Gasteiger partial charge < -0.3 is 10.1 Å². The molecule has 0 saturated heterocycles. The molecule has 25 heavy (non-hydrogen) atoms. The SMILES string of the molecule is COc1ccc(S(=O)(=O)N(C)C)cc1CCC(=O)Nc1ccccc1. The molecular weight excluding hydrogens is 340 g/mol. The van der Waals surface area contributed by atoms with E-state index in [2.05, 4.69) is 5.32 Å². The summed E-state index contributed by atoms with van der Waals surface area (Å²) in [5, 5.41) is 2.81. The number of carbonyl (C=O) groups excluding carboxylic acids is 1. The van der Waals surface area contributed by atoms with Crippen LogP contribution in [0.4, 0.5) is 5.69 Å². The van der Waals surface area contributed by atoms with Crippen molar-refractivity contribution in [3.05, 3.63) is 54.1 Å². The Bertz CT molecular complexity index is 833. The van der Waals surface area contributed by atoms with Gasteiger partial charge in [-0.3, -0.25) is 4.79 Å². The van der Waals surface area contributed by atoms with E-state index in [1.54, 1.807) is 12.1 Å². The zero-order chi connectivity index (χ0) is 18.4. The topological polar surface area (TPSA) is 75.7 Å². The van der Waals surface area contributed by atoms with Crippen molar-refractivity contribution in [2.24, 2.45) is 0 Å². The van der Waals surface area contributed by atoms with Crippen LogP contribution in [0.3, 0.4) is 0 Å². The molecule has 0 aliphatic carbocycles. The second-order valence-corrected chi connectivity index (χ2v) is 7.83. The molecule has 0 radical (unpaired) electrons. The van der Waals surface area contributed by atoms with Crippen molar-refractivity contribution in [1.29, 1.82) is 0 Å². The molecule has 6 nitrogen and oxygen atoms in total. The van der Waals surface area contributed by atoms with Crippen molar-refractivity contribution in [2.75, 3.05) is 26.5 Å². The number of hydrogen-bond acceptors (Lipinski definition) is 4. The number of sulfonamides is 1. The number of nitrogens with zero attached hydrogens (tertiary/aromatic N) is 1. The number of benzene rings is 2. The fraction of sp³-hybridized carbons (Fsp3) is 0.278. The lowest BCUT2D eigenvalue weighted by Gasteiger charge is -2.14. The Kier molecular flexibility index (Phi) is 6.17. The van der Waals surface area contributed by atoms with Gasteiger partial charge in [0.1, 0.15) is 5.75 Å². The van der Waals surface area contributed by atoms with E-state index < -0.39 is 10.0 Å². The molecule has 0 atom stereocenters. The number of rotatable bonds is 7. The largest absolute Gasteiger partial charge is 0.496 e. The lowest BCUT2D eigenvalue weighted by atomic mass is 10.1. The molecule has 0 heterocycles. The Morgan fingerprint density at radius 3 is 2.40 bits per heavy atom. The number of ether oxygens (including phenoxy) is 1. The molecule has 2 aromatic carbocycles. The van der Waals surface area contributed by atoms with E-state index in [0.29, 0.717) is 17.7 Å². The van der Waals surface area contributed by atoms with Crippen molar-refractivity contribution < 1.29 is 17.9 Å². The number of aryl methyl sites for hydroxylation is 1. The molecule has 7 heteroatoms. The first-order valence-electron chi connectivity index (χ1n) is 7.79. The summed E-state index contributed by atoms with van der Waals surface area (Å²) in [5.74, 6) is 0.416. The maximum atomic E-state index is 12.3. The Morgan fingerprint density at radius 2 is 1.80 bits per heavy atom. The van der Waals surface area contributed by atoms with E-state index in [4.69, 9.17) is 4.74 Å². The molecule has 0 spiro atoms. The number of para-hydroxylation sites is 1. The van der Waals surface area contributed by atoms with Crippen LogP contribution in [0.25, 0.3) is 0 Å². The summed E-state index contributed by atoms with van der Waals surface area (Å²) in [5.41, 5.74) is 1.40. The summed E-state index contributed by atoms with van der Waals surface area (Å²) >= 11 is 0. The first-order chi connectivity index (χ1) is 11.8. The van der Waals surface area contributed by atoms with Crippen LogP contribution in [0, 0.1) is 0 Å². The third-order valence-electron chi connectivity index (χ3n) is 3.71. The zero-order valence-electron chi connectivity index (χ0n) is 14.5. The molecule has 1 amide bonds. The lowest BCUT2D eigenvalue weighted by Crippen LogP contribution is -2.22. The van der Waals surface area contributed by atoms with Gasteiger partial charge in [-0.05, 0) is 42.3 Å². The zero-order valence-corrected chi connectivity index (χ0v) is 15.3. The average Bonchev–Trinajstić information content (AvgIpc) is 2.60. The molecule has 0 unspecified atom stereocenters. The molecule has 1 N–H and O–H groups in total. The van der Waals surface area contributed by atoms with Crippen molar-refractivity contribution in [3.8, 4) is 5.75 Å². The minimum absolute atomic E-state index is 0.144. The van der Waals surface area contributed by atoms with Crippen molar-refractivity contribution in [3.63, 3.8) is 0 Å². The number of hydrogen-bond donors (Lipinski definition) is 1.